The molecule has 1 aliphatic rings. The smallest absolute Gasteiger partial charge is 0.325 e. The predicted molar refractivity (Wildman–Crippen MR) is 76.7 cm³/mol. The Labute approximate surface area is 128 Å². The third-order valence-corrected chi connectivity index (χ3v) is 6.33. The van der Waals surface area contributed by atoms with Crippen LogP contribution in [0.15, 0.2) is 27.6 Å². The molecule has 1 aliphatic heterocycles. The van der Waals surface area contributed by atoms with Crippen molar-refractivity contribution in [3.05, 3.63) is 28.5 Å². The summed E-state index contributed by atoms with van der Waals surface area (Å²) in [7, 11) is -4.09. The second-order valence-electron chi connectivity index (χ2n) is 4.37. The van der Waals surface area contributed by atoms with Gasteiger partial charge in [-0.15, -0.1) is 0 Å². The third-order valence-electron chi connectivity index (χ3n) is 2.96. The number of carbonyl (C=O) groups is 1. The van der Waals surface area contributed by atoms with Crippen LogP contribution in [0.25, 0.3) is 0 Å². The first-order chi connectivity index (χ1) is 9.27. The number of thioether (sulfide) groups is 1. The van der Waals surface area contributed by atoms with Crippen LogP contribution >= 0.6 is 27.7 Å². The van der Waals surface area contributed by atoms with E-state index in [1.54, 1.807) is 0 Å². The van der Waals surface area contributed by atoms with E-state index in [9.17, 15) is 22.7 Å². The number of rotatable bonds is 4. The Balaban J connectivity index is 2.35. The van der Waals surface area contributed by atoms with E-state index < -0.39 is 27.3 Å². The van der Waals surface area contributed by atoms with E-state index in [4.69, 9.17) is 0 Å². The van der Waals surface area contributed by atoms with Crippen LogP contribution in [0.1, 0.15) is 6.42 Å². The second-order valence-corrected chi connectivity index (χ2v) is 8.01. The van der Waals surface area contributed by atoms with Gasteiger partial charge >= 0.3 is 5.97 Å². The van der Waals surface area contributed by atoms with Crippen LogP contribution in [0.2, 0.25) is 0 Å². The summed E-state index contributed by atoms with van der Waals surface area (Å²) in [5.74, 6) is -1.23. The van der Waals surface area contributed by atoms with Crippen molar-refractivity contribution in [3.63, 3.8) is 0 Å². The lowest BCUT2D eigenvalue weighted by molar-refractivity contribution is -0.142. The molecule has 0 radical (unpaired) electrons. The minimum atomic E-state index is -4.09. The molecule has 1 atom stereocenters. The SMILES string of the molecule is O=C(O)C1(NS(=O)(=O)c2ccc(Br)c(F)c2)CCSC1. The number of sulfonamides is 1. The van der Waals surface area contributed by atoms with Gasteiger partial charge < -0.3 is 5.11 Å². The Hall–Kier alpha value is -0.640. The van der Waals surface area contributed by atoms with Crippen molar-refractivity contribution in [1.82, 2.24) is 4.72 Å². The van der Waals surface area contributed by atoms with Crippen molar-refractivity contribution in [2.24, 2.45) is 0 Å². The zero-order valence-corrected chi connectivity index (χ0v) is 13.3. The Bertz CT molecular complexity index is 644. The molecule has 0 aliphatic carbocycles. The maximum atomic E-state index is 13.4. The molecule has 0 spiro atoms. The van der Waals surface area contributed by atoms with Crippen LogP contribution in [0.5, 0.6) is 0 Å². The lowest BCUT2D eigenvalue weighted by atomic mass is 10.0. The predicted octanol–water partition coefficient (Wildman–Crippen LogP) is 1.83. The molecule has 0 aromatic heterocycles. The molecule has 1 saturated heterocycles. The fourth-order valence-electron chi connectivity index (χ4n) is 1.82. The summed E-state index contributed by atoms with van der Waals surface area (Å²) >= 11 is 4.29. The van der Waals surface area contributed by atoms with E-state index in [0.717, 1.165) is 6.07 Å². The third kappa shape index (κ3) is 3.00. The summed E-state index contributed by atoms with van der Waals surface area (Å²) in [5.41, 5.74) is -1.52. The lowest BCUT2D eigenvalue weighted by Gasteiger charge is -2.24. The van der Waals surface area contributed by atoms with Gasteiger partial charge in [-0.1, -0.05) is 0 Å². The number of carboxylic acid groups (broad SMARTS) is 1. The molecular formula is C11H11BrFNO4S2. The highest BCUT2D eigenvalue weighted by atomic mass is 79.9. The van der Waals surface area contributed by atoms with Crippen molar-refractivity contribution in [3.8, 4) is 0 Å². The van der Waals surface area contributed by atoms with Crippen LogP contribution in [-0.2, 0) is 14.8 Å². The van der Waals surface area contributed by atoms with Gasteiger partial charge in [0.2, 0.25) is 10.0 Å². The Morgan fingerprint density at radius 3 is 2.70 bits per heavy atom. The van der Waals surface area contributed by atoms with Crippen LogP contribution in [0.4, 0.5) is 4.39 Å². The molecule has 2 rings (SSSR count). The van der Waals surface area contributed by atoms with Gasteiger partial charge in [0.25, 0.3) is 0 Å². The summed E-state index contributed by atoms with van der Waals surface area (Å²) in [4.78, 5) is 11.0. The Kier molecular flexibility index (Phi) is 4.43. The van der Waals surface area contributed by atoms with Gasteiger partial charge in [-0.3, -0.25) is 4.79 Å². The summed E-state index contributed by atoms with van der Waals surface area (Å²) < 4.78 is 40.1. The number of aliphatic carboxylic acids is 1. The van der Waals surface area contributed by atoms with Gasteiger partial charge in [-0.05, 0) is 46.3 Å². The summed E-state index contributed by atoms with van der Waals surface area (Å²) in [5, 5.41) is 9.25. The zero-order valence-electron chi connectivity index (χ0n) is 10.1. The van der Waals surface area contributed by atoms with Gasteiger partial charge in [0.15, 0.2) is 0 Å². The van der Waals surface area contributed by atoms with E-state index in [-0.39, 0.29) is 21.5 Å². The molecule has 1 aromatic carbocycles. The van der Waals surface area contributed by atoms with Crippen molar-refractivity contribution in [1.29, 1.82) is 0 Å². The summed E-state index contributed by atoms with van der Waals surface area (Å²) in [6.45, 7) is 0. The average molecular weight is 384 g/mol. The van der Waals surface area contributed by atoms with Gasteiger partial charge in [-0.2, -0.15) is 16.5 Å². The van der Waals surface area contributed by atoms with Crippen LogP contribution < -0.4 is 4.72 Å². The van der Waals surface area contributed by atoms with Crippen molar-refractivity contribution >= 4 is 43.7 Å². The lowest BCUT2D eigenvalue weighted by Crippen LogP contribution is -2.54. The molecule has 5 nitrogen and oxygen atoms in total. The molecule has 110 valence electrons. The van der Waals surface area contributed by atoms with Crippen molar-refractivity contribution in [2.75, 3.05) is 11.5 Å². The largest absolute Gasteiger partial charge is 0.480 e. The molecule has 0 saturated carbocycles. The zero-order chi connectivity index (χ0) is 15.0. The Morgan fingerprint density at radius 2 is 2.20 bits per heavy atom. The maximum absolute atomic E-state index is 13.4. The highest BCUT2D eigenvalue weighted by molar-refractivity contribution is 9.10. The molecule has 9 heteroatoms. The topological polar surface area (TPSA) is 83.5 Å². The minimum Gasteiger partial charge on any atom is -0.480 e. The maximum Gasteiger partial charge on any atom is 0.325 e. The molecule has 2 N–H and O–H groups in total. The first-order valence-electron chi connectivity index (χ1n) is 5.57. The van der Waals surface area contributed by atoms with Crippen LogP contribution in [0, 0.1) is 5.82 Å². The molecule has 20 heavy (non-hydrogen) atoms. The van der Waals surface area contributed by atoms with E-state index in [0.29, 0.717) is 5.75 Å². The minimum absolute atomic E-state index is 0.140. The van der Waals surface area contributed by atoms with Gasteiger partial charge in [0.1, 0.15) is 11.4 Å². The summed E-state index contributed by atoms with van der Waals surface area (Å²) in [6.07, 6.45) is 0.200. The quantitative estimate of drug-likeness (QED) is 0.828. The van der Waals surface area contributed by atoms with Crippen LogP contribution in [0.3, 0.4) is 0 Å². The highest BCUT2D eigenvalue weighted by Crippen LogP contribution is 2.30. The summed E-state index contributed by atoms with van der Waals surface area (Å²) in [6, 6.07) is 3.33. The molecule has 0 bridgehead atoms. The van der Waals surface area contributed by atoms with E-state index in [1.807, 2.05) is 0 Å². The fourth-order valence-corrected chi connectivity index (χ4v) is 4.88. The fraction of sp³-hybridized carbons (Fsp3) is 0.364. The highest BCUT2D eigenvalue weighted by Gasteiger charge is 2.45. The molecule has 0 amide bonds. The van der Waals surface area contributed by atoms with E-state index in [2.05, 4.69) is 20.7 Å². The van der Waals surface area contributed by atoms with Gasteiger partial charge in [0.05, 0.1) is 9.37 Å². The van der Waals surface area contributed by atoms with Gasteiger partial charge in [-0.25, -0.2) is 12.8 Å². The number of hydrogen-bond donors (Lipinski definition) is 2. The number of nitrogens with one attached hydrogen (secondary N) is 1. The number of carboxylic acids is 1. The molecule has 1 fully saturated rings. The first kappa shape index (κ1) is 15.7. The molecule has 1 heterocycles. The number of halogens is 2. The average Bonchev–Trinajstić information content (AvgIpc) is 2.81. The Morgan fingerprint density at radius 1 is 1.50 bits per heavy atom. The number of benzene rings is 1. The normalized spacial score (nSPS) is 22.9. The molecular weight excluding hydrogens is 373 g/mol. The molecule has 1 unspecified atom stereocenters. The first-order valence-corrected chi connectivity index (χ1v) is 9.00. The van der Waals surface area contributed by atoms with Gasteiger partial charge in [0, 0.05) is 5.75 Å². The van der Waals surface area contributed by atoms with Crippen LogP contribution in [-0.4, -0.2) is 36.5 Å². The second kappa shape index (κ2) is 5.63. The van der Waals surface area contributed by atoms with E-state index >= 15 is 0 Å². The van der Waals surface area contributed by atoms with Crippen molar-refractivity contribution < 1.29 is 22.7 Å². The standard InChI is InChI=1S/C11H11BrFNO4S2/c12-8-2-1-7(5-9(8)13)20(17,18)14-11(10(15)16)3-4-19-6-11/h1-2,5,14H,3-4,6H2,(H,15,16). The van der Waals surface area contributed by atoms with Crippen molar-refractivity contribution in [2.45, 2.75) is 16.9 Å². The number of hydrogen-bond acceptors (Lipinski definition) is 4. The monoisotopic (exact) mass is 383 g/mol. The van der Waals surface area contributed by atoms with E-state index in [1.165, 1.54) is 23.9 Å². The molecule has 1 aromatic rings.